The Labute approximate surface area is 207 Å². The van der Waals surface area contributed by atoms with Crippen molar-refractivity contribution >= 4 is 11.9 Å². The van der Waals surface area contributed by atoms with Crippen molar-refractivity contribution in [3.8, 4) is 11.5 Å². The van der Waals surface area contributed by atoms with Crippen molar-refractivity contribution in [2.24, 2.45) is 11.8 Å². The van der Waals surface area contributed by atoms with Crippen LogP contribution in [-0.2, 0) is 16.1 Å². The van der Waals surface area contributed by atoms with E-state index < -0.39 is 0 Å². The molecule has 0 saturated carbocycles. The molecule has 0 radical (unpaired) electrons. The maximum absolute atomic E-state index is 13.1. The minimum atomic E-state index is -0.301. The van der Waals surface area contributed by atoms with Gasteiger partial charge in [-0.25, -0.2) is 4.79 Å². The van der Waals surface area contributed by atoms with E-state index in [0.717, 1.165) is 44.3 Å². The maximum atomic E-state index is 13.1. The third kappa shape index (κ3) is 10.3. The second-order valence-electron chi connectivity index (χ2n) is 9.15. The first-order valence-corrected chi connectivity index (χ1v) is 12.8. The molecule has 0 aliphatic carbocycles. The summed E-state index contributed by atoms with van der Waals surface area (Å²) >= 11 is 0. The van der Waals surface area contributed by atoms with E-state index in [-0.39, 0.29) is 23.8 Å². The van der Waals surface area contributed by atoms with Crippen LogP contribution < -0.4 is 14.8 Å². The van der Waals surface area contributed by atoms with E-state index >= 15 is 0 Å². The number of rotatable bonds is 16. The van der Waals surface area contributed by atoms with Gasteiger partial charge in [-0.05, 0) is 61.9 Å². The lowest BCUT2D eigenvalue weighted by molar-refractivity contribution is -0.142. The molecule has 1 aromatic carbocycles. The minimum absolute atomic E-state index is 0.0397. The minimum Gasteiger partial charge on any atom is -0.493 e. The summed E-state index contributed by atoms with van der Waals surface area (Å²) in [7, 11) is 1.55. The smallest absolute Gasteiger partial charge is 0.329 e. The summed E-state index contributed by atoms with van der Waals surface area (Å²) < 4.78 is 11.3. The molecule has 0 spiro atoms. The van der Waals surface area contributed by atoms with E-state index in [4.69, 9.17) is 9.47 Å². The molecule has 34 heavy (non-hydrogen) atoms. The molecule has 0 aliphatic rings. The molecular formula is C28H46N2O4. The number of hydrogen-bond donors (Lipinski definition) is 1. The van der Waals surface area contributed by atoms with Gasteiger partial charge in [-0.2, -0.15) is 0 Å². The van der Waals surface area contributed by atoms with Gasteiger partial charge in [-0.1, -0.05) is 66.2 Å². The molecule has 0 heterocycles. The molecule has 0 fully saturated rings. The van der Waals surface area contributed by atoms with Crippen LogP contribution in [0.4, 0.5) is 0 Å². The molecule has 6 nitrogen and oxygen atoms in total. The van der Waals surface area contributed by atoms with Crippen molar-refractivity contribution in [2.75, 3.05) is 20.2 Å². The third-order valence-corrected chi connectivity index (χ3v) is 6.10. The number of carbonyl (C=O) groups is 2. The number of ether oxygens (including phenoxy) is 2. The van der Waals surface area contributed by atoms with Gasteiger partial charge in [-0.15, -0.1) is 0 Å². The standard InChI is InChI=1S/C28H46N2O4/c1-8-22(6)27(30(9-2)10-3)28(32)34-24-18-17-23(19-25(24)33-7)20-29-26(31)16-14-12-11-13-15-21(4)5/h13,15,17-19,21-22,27H,8-12,14,16,20H2,1-7H3,(H,29,31)/b15-13+/t22-,27+/m0/s1. The number of methoxy groups -OCH3 is 1. The number of nitrogens with zero attached hydrogens (tertiary/aromatic N) is 1. The number of unbranched alkanes of at least 4 members (excludes halogenated alkanes) is 2. The van der Waals surface area contributed by atoms with Gasteiger partial charge in [0.25, 0.3) is 0 Å². The number of benzene rings is 1. The fourth-order valence-corrected chi connectivity index (χ4v) is 3.86. The predicted molar refractivity (Wildman–Crippen MR) is 139 cm³/mol. The number of hydrogen-bond acceptors (Lipinski definition) is 5. The summed E-state index contributed by atoms with van der Waals surface area (Å²) in [6.07, 6.45) is 8.69. The average molecular weight is 475 g/mol. The Bertz CT molecular complexity index is 772. The van der Waals surface area contributed by atoms with Crippen LogP contribution in [0.15, 0.2) is 30.4 Å². The highest BCUT2D eigenvalue weighted by atomic mass is 16.6. The van der Waals surface area contributed by atoms with Crippen molar-refractivity contribution < 1.29 is 19.1 Å². The van der Waals surface area contributed by atoms with Crippen LogP contribution in [0.1, 0.15) is 79.2 Å². The first kappa shape index (κ1) is 29.7. The SMILES string of the molecule is CC[C@H](C)[C@H](C(=O)Oc1ccc(CNC(=O)CCCC/C=C/C(C)C)cc1OC)N(CC)CC. The van der Waals surface area contributed by atoms with Gasteiger partial charge < -0.3 is 14.8 Å². The van der Waals surface area contributed by atoms with Crippen LogP contribution in [0.5, 0.6) is 11.5 Å². The Hall–Kier alpha value is -2.34. The molecular weight excluding hydrogens is 428 g/mol. The molecule has 0 bridgehead atoms. The average Bonchev–Trinajstić information content (AvgIpc) is 2.82. The number of likely N-dealkylation sites (N-methyl/N-ethyl adjacent to an activating group) is 1. The van der Waals surface area contributed by atoms with Crippen molar-refractivity contribution in [1.29, 1.82) is 0 Å². The largest absolute Gasteiger partial charge is 0.493 e. The van der Waals surface area contributed by atoms with Crippen LogP contribution in [0, 0.1) is 11.8 Å². The molecule has 2 atom stereocenters. The van der Waals surface area contributed by atoms with Crippen LogP contribution in [0.2, 0.25) is 0 Å². The summed E-state index contributed by atoms with van der Waals surface area (Å²) in [6.45, 7) is 14.6. The second kappa shape index (κ2) is 16.3. The molecule has 0 aliphatic heterocycles. The van der Waals surface area contributed by atoms with E-state index in [2.05, 4.69) is 63.9 Å². The zero-order valence-electron chi connectivity index (χ0n) is 22.4. The van der Waals surface area contributed by atoms with E-state index in [1.165, 1.54) is 0 Å². The lowest BCUT2D eigenvalue weighted by Crippen LogP contribution is -2.47. The normalized spacial score (nSPS) is 13.3. The number of nitrogens with one attached hydrogen (secondary N) is 1. The van der Waals surface area contributed by atoms with Crippen molar-refractivity contribution in [1.82, 2.24) is 10.2 Å². The van der Waals surface area contributed by atoms with Crippen molar-refractivity contribution in [3.05, 3.63) is 35.9 Å². The first-order valence-electron chi connectivity index (χ1n) is 12.8. The van der Waals surface area contributed by atoms with Gasteiger partial charge in [0, 0.05) is 13.0 Å². The van der Waals surface area contributed by atoms with Gasteiger partial charge in [0.15, 0.2) is 11.5 Å². The molecule has 192 valence electrons. The zero-order chi connectivity index (χ0) is 25.5. The summed E-state index contributed by atoms with van der Waals surface area (Å²) in [6, 6.07) is 5.12. The quantitative estimate of drug-likeness (QED) is 0.143. The molecule has 6 heteroatoms. The van der Waals surface area contributed by atoms with Gasteiger partial charge in [0.05, 0.1) is 7.11 Å². The molecule has 0 unspecified atom stereocenters. The number of allylic oxidation sites excluding steroid dienone is 2. The highest BCUT2D eigenvalue weighted by molar-refractivity contribution is 5.79. The summed E-state index contributed by atoms with van der Waals surface area (Å²) in [5.41, 5.74) is 0.895. The highest BCUT2D eigenvalue weighted by Gasteiger charge is 2.31. The number of carbonyl (C=O) groups excluding carboxylic acids is 2. The molecule has 1 aromatic rings. The molecule has 0 aromatic heterocycles. The summed E-state index contributed by atoms with van der Waals surface area (Å²) in [5.74, 6) is 1.41. The van der Waals surface area contributed by atoms with E-state index in [9.17, 15) is 9.59 Å². The van der Waals surface area contributed by atoms with E-state index in [0.29, 0.717) is 30.4 Å². The van der Waals surface area contributed by atoms with Gasteiger partial charge in [0.1, 0.15) is 6.04 Å². The van der Waals surface area contributed by atoms with E-state index in [1.54, 1.807) is 13.2 Å². The number of esters is 1. The lowest BCUT2D eigenvalue weighted by atomic mass is 9.97. The van der Waals surface area contributed by atoms with E-state index in [1.807, 2.05) is 12.1 Å². The third-order valence-electron chi connectivity index (χ3n) is 6.10. The van der Waals surface area contributed by atoms with Crippen LogP contribution >= 0.6 is 0 Å². The molecule has 1 amide bonds. The lowest BCUT2D eigenvalue weighted by Gasteiger charge is -2.32. The Morgan fingerprint density at radius 1 is 1.06 bits per heavy atom. The topological polar surface area (TPSA) is 67.9 Å². The van der Waals surface area contributed by atoms with Gasteiger partial charge in [-0.3, -0.25) is 9.69 Å². The molecule has 0 saturated heterocycles. The van der Waals surface area contributed by atoms with Crippen molar-refractivity contribution in [3.63, 3.8) is 0 Å². The fraction of sp³-hybridized carbons (Fsp3) is 0.643. The Balaban J connectivity index is 2.68. The Morgan fingerprint density at radius 2 is 1.76 bits per heavy atom. The van der Waals surface area contributed by atoms with Crippen LogP contribution in [0.25, 0.3) is 0 Å². The van der Waals surface area contributed by atoms with Crippen molar-refractivity contribution in [2.45, 2.75) is 86.2 Å². The van der Waals surface area contributed by atoms with Gasteiger partial charge >= 0.3 is 5.97 Å². The monoisotopic (exact) mass is 474 g/mol. The maximum Gasteiger partial charge on any atom is 0.329 e. The predicted octanol–water partition coefficient (Wildman–Crippen LogP) is 5.75. The molecule has 1 rings (SSSR count). The second-order valence-corrected chi connectivity index (χ2v) is 9.15. The fourth-order valence-electron chi connectivity index (χ4n) is 3.86. The summed E-state index contributed by atoms with van der Waals surface area (Å²) in [5, 5.41) is 2.96. The number of amides is 1. The zero-order valence-corrected chi connectivity index (χ0v) is 22.4. The van der Waals surface area contributed by atoms with Crippen LogP contribution in [-0.4, -0.2) is 43.0 Å². The molecule has 1 N–H and O–H groups in total. The van der Waals surface area contributed by atoms with Gasteiger partial charge in [0.2, 0.25) is 5.91 Å². The first-order chi connectivity index (χ1) is 16.3. The highest BCUT2D eigenvalue weighted by Crippen LogP contribution is 2.29. The Morgan fingerprint density at radius 3 is 2.35 bits per heavy atom. The van der Waals surface area contributed by atoms with Crippen LogP contribution in [0.3, 0.4) is 0 Å². The Kier molecular flexibility index (Phi) is 14.2. The summed E-state index contributed by atoms with van der Waals surface area (Å²) in [4.78, 5) is 27.4.